The molecule has 0 unspecified atom stereocenters. The van der Waals surface area contributed by atoms with E-state index in [0.29, 0.717) is 13.0 Å². The molecule has 0 bridgehead atoms. The molecule has 0 aliphatic carbocycles. The van der Waals surface area contributed by atoms with E-state index in [1.54, 1.807) is 34.6 Å². The number of hydrogen-bond acceptors (Lipinski definition) is 5. The standard InChI is InChI=1S/C14H24N2O5/c1-9(15-12(19)21-13(2,3)4)10(17)16-8-7-14(16,5)11(18)20-6/h9H,7-8H2,1-6H3,(H,15,19)/t9-,14-/m0/s1. The van der Waals surface area contributed by atoms with E-state index in [4.69, 9.17) is 9.47 Å². The second-order valence-corrected chi connectivity index (χ2v) is 6.37. The van der Waals surface area contributed by atoms with E-state index in [0.717, 1.165) is 0 Å². The van der Waals surface area contributed by atoms with Gasteiger partial charge in [0.1, 0.15) is 17.2 Å². The zero-order valence-corrected chi connectivity index (χ0v) is 13.5. The van der Waals surface area contributed by atoms with Crippen LogP contribution in [0.3, 0.4) is 0 Å². The van der Waals surface area contributed by atoms with Gasteiger partial charge in [-0.25, -0.2) is 9.59 Å². The molecule has 1 aliphatic rings. The predicted octanol–water partition coefficient (Wildman–Crippen LogP) is 1.06. The number of rotatable bonds is 3. The first-order chi connectivity index (χ1) is 9.51. The SMILES string of the molecule is COC(=O)[C@]1(C)CCN1C(=O)[C@H](C)NC(=O)OC(C)(C)C. The van der Waals surface area contributed by atoms with E-state index < -0.39 is 29.2 Å². The summed E-state index contributed by atoms with van der Waals surface area (Å²) in [4.78, 5) is 37.1. The number of ether oxygens (including phenoxy) is 2. The molecule has 1 aliphatic heterocycles. The number of carbonyl (C=O) groups excluding carboxylic acids is 3. The molecule has 0 radical (unpaired) electrons. The molecule has 120 valence electrons. The fraction of sp³-hybridized carbons (Fsp3) is 0.786. The molecule has 7 heteroatoms. The number of alkyl carbamates (subject to hydrolysis) is 1. The number of hydrogen-bond donors (Lipinski definition) is 1. The number of methoxy groups -OCH3 is 1. The van der Waals surface area contributed by atoms with Gasteiger partial charge in [0.05, 0.1) is 7.11 Å². The van der Waals surface area contributed by atoms with Crippen LogP contribution in [0, 0.1) is 0 Å². The van der Waals surface area contributed by atoms with Gasteiger partial charge in [-0.05, 0) is 41.0 Å². The van der Waals surface area contributed by atoms with Crippen molar-refractivity contribution in [1.82, 2.24) is 10.2 Å². The first kappa shape index (κ1) is 17.3. The lowest BCUT2D eigenvalue weighted by atomic mass is 9.86. The zero-order valence-electron chi connectivity index (χ0n) is 13.5. The predicted molar refractivity (Wildman–Crippen MR) is 75.6 cm³/mol. The van der Waals surface area contributed by atoms with E-state index in [9.17, 15) is 14.4 Å². The first-order valence-electron chi connectivity index (χ1n) is 6.90. The summed E-state index contributed by atoms with van der Waals surface area (Å²) in [5, 5.41) is 2.48. The molecule has 2 atom stereocenters. The number of nitrogens with zero attached hydrogens (tertiary/aromatic N) is 1. The minimum atomic E-state index is -0.949. The van der Waals surface area contributed by atoms with Crippen LogP contribution in [0.25, 0.3) is 0 Å². The van der Waals surface area contributed by atoms with Gasteiger partial charge in [-0.15, -0.1) is 0 Å². The highest BCUT2D eigenvalue weighted by Crippen LogP contribution is 2.32. The Hall–Kier alpha value is -1.79. The Bertz CT molecular complexity index is 443. The molecule has 0 aromatic rings. The second-order valence-electron chi connectivity index (χ2n) is 6.37. The van der Waals surface area contributed by atoms with E-state index in [1.165, 1.54) is 12.0 Å². The van der Waals surface area contributed by atoms with Crippen molar-refractivity contribution in [3.05, 3.63) is 0 Å². The van der Waals surface area contributed by atoms with Gasteiger partial charge in [0.2, 0.25) is 5.91 Å². The lowest BCUT2D eigenvalue weighted by molar-refractivity contribution is -0.172. The van der Waals surface area contributed by atoms with Crippen LogP contribution in [0.1, 0.15) is 41.0 Å². The summed E-state index contributed by atoms with van der Waals surface area (Å²) < 4.78 is 9.82. The summed E-state index contributed by atoms with van der Waals surface area (Å²) in [7, 11) is 1.29. The lowest BCUT2D eigenvalue weighted by Gasteiger charge is -2.48. The highest BCUT2D eigenvalue weighted by Gasteiger charge is 2.51. The third-order valence-corrected chi connectivity index (χ3v) is 3.41. The van der Waals surface area contributed by atoms with Crippen LogP contribution in [0.2, 0.25) is 0 Å². The Morgan fingerprint density at radius 3 is 2.24 bits per heavy atom. The van der Waals surface area contributed by atoms with Crippen molar-refractivity contribution >= 4 is 18.0 Å². The van der Waals surface area contributed by atoms with E-state index >= 15 is 0 Å². The van der Waals surface area contributed by atoms with E-state index in [-0.39, 0.29) is 5.91 Å². The number of esters is 1. The summed E-state index contributed by atoms with van der Waals surface area (Å²) >= 11 is 0. The summed E-state index contributed by atoms with van der Waals surface area (Å²) in [5.41, 5.74) is -1.58. The van der Waals surface area contributed by atoms with Gasteiger partial charge in [-0.3, -0.25) is 4.79 Å². The van der Waals surface area contributed by atoms with Gasteiger partial charge >= 0.3 is 12.1 Å². The molecule has 2 amide bonds. The Morgan fingerprint density at radius 2 is 1.86 bits per heavy atom. The van der Waals surface area contributed by atoms with Crippen LogP contribution in [-0.2, 0) is 19.1 Å². The molecular formula is C14H24N2O5. The maximum atomic E-state index is 12.3. The summed E-state index contributed by atoms with van der Waals surface area (Å²) in [6.07, 6.45) is -0.117. The van der Waals surface area contributed by atoms with Crippen LogP contribution < -0.4 is 5.32 Å². The average molecular weight is 300 g/mol. The molecule has 1 fully saturated rings. The van der Waals surface area contributed by atoms with Crippen molar-refractivity contribution in [2.75, 3.05) is 13.7 Å². The second kappa shape index (κ2) is 5.91. The Kier molecular flexibility index (Phi) is 4.86. The molecule has 1 N–H and O–H groups in total. The number of carbonyl (C=O) groups is 3. The Morgan fingerprint density at radius 1 is 1.29 bits per heavy atom. The number of nitrogens with one attached hydrogen (secondary N) is 1. The maximum absolute atomic E-state index is 12.3. The maximum Gasteiger partial charge on any atom is 0.408 e. The van der Waals surface area contributed by atoms with Crippen molar-refractivity contribution in [3.63, 3.8) is 0 Å². The van der Waals surface area contributed by atoms with Crippen molar-refractivity contribution in [2.24, 2.45) is 0 Å². The summed E-state index contributed by atoms with van der Waals surface area (Å²) in [5.74, 6) is -0.786. The number of likely N-dealkylation sites (tertiary alicyclic amines) is 1. The topological polar surface area (TPSA) is 84.9 Å². The van der Waals surface area contributed by atoms with Crippen LogP contribution in [0.5, 0.6) is 0 Å². The van der Waals surface area contributed by atoms with Crippen molar-refractivity contribution < 1.29 is 23.9 Å². The highest BCUT2D eigenvalue weighted by atomic mass is 16.6. The normalized spacial score (nSPS) is 22.9. The van der Waals surface area contributed by atoms with E-state index in [2.05, 4.69) is 5.32 Å². The molecular weight excluding hydrogens is 276 g/mol. The Balaban J connectivity index is 2.63. The average Bonchev–Trinajstić information content (AvgIpc) is 2.32. The van der Waals surface area contributed by atoms with Gasteiger partial charge in [0.25, 0.3) is 0 Å². The molecule has 21 heavy (non-hydrogen) atoms. The molecule has 1 heterocycles. The third kappa shape index (κ3) is 3.86. The van der Waals surface area contributed by atoms with Gasteiger partial charge in [-0.2, -0.15) is 0 Å². The molecule has 7 nitrogen and oxygen atoms in total. The van der Waals surface area contributed by atoms with Gasteiger partial charge in [0.15, 0.2) is 0 Å². The van der Waals surface area contributed by atoms with Gasteiger partial charge < -0.3 is 19.7 Å². The van der Waals surface area contributed by atoms with Crippen LogP contribution in [-0.4, -0.2) is 53.7 Å². The van der Waals surface area contributed by atoms with Crippen molar-refractivity contribution in [3.8, 4) is 0 Å². The molecule has 0 saturated carbocycles. The molecule has 1 saturated heterocycles. The third-order valence-electron chi connectivity index (χ3n) is 3.41. The fourth-order valence-corrected chi connectivity index (χ4v) is 2.12. The smallest absolute Gasteiger partial charge is 0.408 e. The fourth-order valence-electron chi connectivity index (χ4n) is 2.12. The van der Waals surface area contributed by atoms with Gasteiger partial charge in [0, 0.05) is 6.54 Å². The van der Waals surface area contributed by atoms with Crippen LogP contribution in [0.4, 0.5) is 4.79 Å². The molecule has 0 aromatic carbocycles. The minimum Gasteiger partial charge on any atom is -0.467 e. The molecule has 1 rings (SSSR count). The lowest BCUT2D eigenvalue weighted by Crippen LogP contribution is -2.67. The summed E-state index contributed by atoms with van der Waals surface area (Å²) in [6.45, 7) is 8.89. The quantitative estimate of drug-likeness (QED) is 0.788. The van der Waals surface area contributed by atoms with Crippen LogP contribution >= 0.6 is 0 Å². The largest absolute Gasteiger partial charge is 0.467 e. The number of amides is 2. The highest BCUT2D eigenvalue weighted by molar-refractivity contribution is 5.93. The molecule has 0 aromatic heterocycles. The monoisotopic (exact) mass is 300 g/mol. The zero-order chi connectivity index (χ0) is 16.4. The van der Waals surface area contributed by atoms with Crippen LogP contribution in [0.15, 0.2) is 0 Å². The first-order valence-corrected chi connectivity index (χ1v) is 6.90. The van der Waals surface area contributed by atoms with Crippen molar-refractivity contribution in [2.45, 2.75) is 58.2 Å². The van der Waals surface area contributed by atoms with E-state index in [1.807, 2.05) is 0 Å². The Labute approximate surface area is 124 Å². The van der Waals surface area contributed by atoms with Gasteiger partial charge in [-0.1, -0.05) is 0 Å². The minimum absolute atomic E-state index is 0.333. The van der Waals surface area contributed by atoms with Crippen molar-refractivity contribution in [1.29, 1.82) is 0 Å². The molecule has 0 spiro atoms. The summed E-state index contributed by atoms with van der Waals surface area (Å²) in [6, 6.07) is -0.774.